The number of ether oxygens (including phenoxy) is 1. The van der Waals surface area contributed by atoms with Gasteiger partial charge in [0.25, 0.3) is 0 Å². The molecule has 0 N–H and O–H groups in total. The third-order valence-electron chi connectivity index (χ3n) is 2.27. The van der Waals surface area contributed by atoms with Gasteiger partial charge in [-0.2, -0.15) is 0 Å². The van der Waals surface area contributed by atoms with E-state index < -0.39 is 0 Å². The highest BCUT2D eigenvalue weighted by Gasteiger charge is 2.15. The van der Waals surface area contributed by atoms with E-state index in [1.54, 1.807) is 18.6 Å². The van der Waals surface area contributed by atoms with E-state index in [9.17, 15) is 4.79 Å². The van der Waals surface area contributed by atoms with Crippen LogP contribution in [0.15, 0.2) is 18.6 Å². The molecule has 0 aliphatic heterocycles. The standard InChI is InChI=1S/C11H17N3O2/c1-9(2)14(8-11(15)16-3)7-10-6-12-4-5-13-10/h4-6,9H,7-8H2,1-3H3. The van der Waals surface area contributed by atoms with Crippen molar-refractivity contribution in [3.63, 3.8) is 0 Å². The first-order valence-corrected chi connectivity index (χ1v) is 5.19. The van der Waals surface area contributed by atoms with Gasteiger partial charge in [0.2, 0.25) is 0 Å². The Kier molecular flexibility index (Phi) is 4.85. The first-order chi connectivity index (χ1) is 7.63. The highest BCUT2D eigenvalue weighted by molar-refractivity contribution is 5.71. The largest absolute Gasteiger partial charge is 0.468 e. The van der Waals surface area contributed by atoms with Crippen molar-refractivity contribution in [3.05, 3.63) is 24.3 Å². The summed E-state index contributed by atoms with van der Waals surface area (Å²) in [5, 5.41) is 0. The van der Waals surface area contributed by atoms with Gasteiger partial charge in [0.05, 0.1) is 19.3 Å². The van der Waals surface area contributed by atoms with Crippen molar-refractivity contribution in [2.24, 2.45) is 0 Å². The maximum absolute atomic E-state index is 11.2. The molecule has 5 heteroatoms. The molecule has 1 aromatic heterocycles. The smallest absolute Gasteiger partial charge is 0.319 e. The van der Waals surface area contributed by atoms with Gasteiger partial charge in [-0.05, 0) is 13.8 Å². The number of carbonyl (C=O) groups excluding carboxylic acids is 1. The molecule has 0 aliphatic carbocycles. The van der Waals surface area contributed by atoms with Crippen LogP contribution in [0.3, 0.4) is 0 Å². The summed E-state index contributed by atoms with van der Waals surface area (Å²) in [4.78, 5) is 21.4. The molecule has 0 amide bonds. The van der Waals surface area contributed by atoms with Crippen molar-refractivity contribution in [2.45, 2.75) is 26.4 Å². The van der Waals surface area contributed by atoms with Crippen molar-refractivity contribution in [2.75, 3.05) is 13.7 Å². The quantitative estimate of drug-likeness (QED) is 0.693. The minimum absolute atomic E-state index is 0.238. The Bertz CT molecular complexity index is 327. The van der Waals surface area contributed by atoms with Gasteiger partial charge in [-0.15, -0.1) is 0 Å². The third-order valence-corrected chi connectivity index (χ3v) is 2.27. The number of nitrogens with zero attached hydrogens (tertiary/aromatic N) is 3. The van der Waals surface area contributed by atoms with Crippen molar-refractivity contribution in [1.82, 2.24) is 14.9 Å². The van der Waals surface area contributed by atoms with E-state index in [1.165, 1.54) is 7.11 Å². The highest BCUT2D eigenvalue weighted by Crippen LogP contribution is 2.04. The first-order valence-electron chi connectivity index (χ1n) is 5.19. The van der Waals surface area contributed by atoms with Gasteiger partial charge in [-0.3, -0.25) is 19.7 Å². The fraction of sp³-hybridized carbons (Fsp3) is 0.545. The molecule has 5 nitrogen and oxygen atoms in total. The molecule has 0 atom stereocenters. The Hall–Kier alpha value is -1.49. The summed E-state index contributed by atoms with van der Waals surface area (Å²) in [6.45, 7) is 4.92. The van der Waals surface area contributed by atoms with Crippen LogP contribution in [0.1, 0.15) is 19.5 Å². The average molecular weight is 223 g/mol. The minimum Gasteiger partial charge on any atom is -0.468 e. The van der Waals surface area contributed by atoms with Gasteiger partial charge in [0.15, 0.2) is 0 Å². The Morgan fingerprint density at radius 1 is 1.50 bits per heavy atom. The molecule has 0 aliphatic rings. The number of methoxy groups -OCH3 is 1. The van der Waals surface area contributed by atoms with Crippen molar-refractivity contribution < 1.29 is 9.53 Å². The van der Waals surface area contributed by atoms with Gasteiger partial charge in [-0.1, -0.05) is 0 Å². The molecule has 0 bridgehead atoms. The molecule has 0 unspecified atom stereocenters. The number of hydrogen-bond acceptors (Lipinski definition) is 5. The molecule has 0 aromatic carbocycles. The second-order valence-electron chi connectivity index (χ2n) is 3.77. The summed E-state index contributed by atoms with van der Waals surface area (Å²) in [5.41, 5.74) is 0.847. The molecular weight excluding hydrogens is 206 g/mol. The predicted molar refractivity (Wildman–Crippen MR) is 59.6 cm³/mol. The fourth-order valence-corrected chi connectivity index (χ4v) is 1.27. The maximum Gasteiger partial charge on any atom is 0.319 e. The first kappa shape index (κ1) is 12.6. The molecule has 0 fully saturated rings. The number of rotatable bonds is 5. The van der Waals surface area contributed by atoms with Crippen LogP contribution >= 0.6 is 0 Å². The molecule has 0 saturated heterocycles. The van der Waals surface area contributed by atoms with Crippen LogP contribution < -0.4 is 0 Å². The Labute approximate surface area is 95.5 Å². The Morgan fingerprint density at radius 2 is 2.25 bits per heavy atom. The highest BCUT2D eigenvalue weighted by atomic mass is 16.5. The summed E-state index contributed by atoms with van der Waals surface area (Å²) >= 11 is 0. The summed E-state index contributed by atoms with van der Waals surface area (Å²) in [6, 6.07) is 0.251. The van der Waals surface area contributed by atoms with E-state index in [2.05, 4.69) is 14.7 Å². The minimum atomic E-state index is -0.238. The Balaban J connectivity index is 2.62. The molecule has 0 saturated carbocycles. The summed E-state index contributed by atoms with van der Waals surface area (Å²) in [5.74, 6) is -0.238. The number of carbonyl (C=O) groups is 1. The second kappa shape index (κ2) is 6.17. The number of hydrogen-bond donors (Lipinski definition) is 0. The second-order valence-corrected chi connectivity index (χ2v) is 3.77. The zero-order valence-corrected chi connectivity index (χ0v) is 9.88. The molecule has 1 rings (SSSR count). The zero-order chi connectivity index (χ0) is 12.0. The summed E-state index contributed by atoms with van der Waals surface area (Å²) in [6.07, 6.45) is 4.97. The lowest BCUT2D eigenvalue weighted by atomic mass is 10.3. The van der Waals surface area contributed by atoms with Gasteiger partial charge in [0.1, 0.15) is 0 Å². The topological polar surface area (TPSA) is 55.3 Å². The van der Waals surface area contributed by atoms with E-state index in [4.69, 9.17) is 0 Å². The van der Waals surface area contributed by atoms with E-state index in [0.29, 0.717) is 6.54 Å². The summed E-state index contributed by atoms with van der Waals surface area (Å²) in [7, 11) is 1.39. The average Bonchev–Trinajstić information content (AvgIpc) is 2.29. The van der Waals surface area contributed by atoms with Crippen LogP contribution in [0.4, 0.5) is 0 Å². The van der Waals surface area contributed by atoms with Crippen LogP contribution in [0, 0.1) is 0 Å². The van der Waals surface area contributed by atoms with Crippen LogP contribution in [-0.2, 0) is 16.1 Å². The number of esters is 1. The van der Waals surface area contributed by atoms with E-state index in [-0.39, 0.29) is 18.6 Å². The molecule has 88 valence electrons. The Morgan fingerprint density at radius 3 is 2.75 bits per heavy atom. The molecule has 16 heavy (non-hydrogen) atoms. The normalized spacial score (nSPS) is 10.8. The van der Waals surface area contributed by atoms with E-state index >= 15 is 0 Å². The summed E-state index contributed by atoms with van der Waals surface area (Å²) < 4.78 is 4.65. The molecule has 0 spiro atoms. The van der Waals surface area contributed by atoms with Gasteiger partial charge in [-0.25, -0.2) is 0 Å². The number of aromatic nitrogens is 2. The third kappa shape index (κ3) is 3.94. The lowest BCUT2D eigenvalue weighted by Crippen LogP contribution is -2.35. The van der Waals surface area contributed by atoms with Crippen LogP contribution in [0.5, 0.6) is 0 Å². The molecule has 1 aromatic rings. The van der Waals surface area contributed by atoms with Crippen molar-refractivity contribution in [1.29, 1.82) is 0 Å². The van der Waals surface area contributed by atoms with Crippen molar-refractivity contribution in [3.8, 4) is 0 Å². The maximum atomic E-state index is 11.2. The predicted octanol–water partition coefficient (Wildman–Crippen LogP) is 0.860. The monoisotopic (exact) mass is 223 g/mol. The molecule has 1 heterocycles. The van der Waals surface area contributed by atoms with Crippen LogP contribution in [-0.4, -0.2) is 40.5 Å². The van der Waals surface area contributed by atoms with Gasteiger partial charge < -0.3 is 4.74 Å². The van der Waals surface area contributed by atoms with Crippen molar-refractivity contribution >= 4 is 5.97 Å². The molecule has 0 radical (unpaired) electrons. The SMILES string of the molecule is COC(=O)CN(Cc1cnccn1)C(C)C. The van der Waals surface area contributed by atoms with Crippen LogP contribution in [0.2, 0.25) is 0 Å². The lowest BCUT2D eigenvalue weighted by Gasteiger charge is -2.24. The van der Waals surface area contributed by atoms with Gasteiger partial charge >= 0.3 is 5.97 Å². The lowest BCUT2D eigenvalue weighted by molar-refractivity contribution is -0.142. The van der Waals surface area contributed by atoms with E-state index in [1.807, 2.05) is 18.7 Å². The van der Waals surface area contributed by atoms with E-state index in [0.717, 1.165) is 5.69 Å². The fourth-order valence-electron chi connectivity index (χ4n) is 1.27. The zero-order valence-electron chi connectivity index (χ0n) is 9.88. The van der Waals surface area contributed by atoms with Gasteiger partial charge in [0, 0.05) is 31.2 Å². The van der Waals surface area contributed by atoms with Crippen LogP contribution in [0.25, 0.3) is 0 Å². The molecular formula is C11H17N3O2.